The zero-order chi connectivity index (χ0) is 24.8. The Labute approximate surface area is 211 Å². The number of ether oxygens (including phenoxy) is 1. The number of nitrogens with zero attached hydrogens (tertiary/aromatic N) is 5. The van der Waals surface area contributed by atoms with Crippen LogP contribution in [0.2, 0.25) is 0 Å². The second-order valence-electron chi connectivity index (χ2n) is 8.92. The fourth-order valence-corrected chi connectivity index (χ4v) is 5.02. The maximum atomic E-state index is 12.7. The minimum absolute atomic E-state index is 0.0810. The third kappa shape index (κ3) is 6.15. The van der Waals surface area contributed by atoms with Gasteiger partial charge in [0.05, 0.1) is 18.9 Å². The molecule has 0 spiro atoms. The molecule has 0 saturated carbocycles. The first kappa shape index (κ1) is 25.1. The van der Waals surface area contributed by atoms with Gasteiger partial charge in [0.15, 0.2) is 11.0 Å². The average molecular weight is 495 g/mol. The molecule has 1 fully saturated rings. The Hall–Kier alpha value is -3.04. The number of rotatable bonds is 9. The average Bonchev–Trinajstić information content (AvgIpc) is 3.32. The number of likely N-dealkylation sites (tertiary alicyclic amines) is 1. The number of thioether (sulfide) groups is 1. The highest BCUT2D eigenvalue weighted by Crippen LogP contribution is 2.30. The van der Waals surface area contributed by atoms with E-state index in [1.165, 1.54) is 31.0 Å². The van der Waals surface area contributed by atoms with Crippen LogP contribution in [-0.2, 0) is 4.79 Å². The van der Waals surface area contributed by atoms with Crippen molar-refractivity contribution in [2.24, 2.45) is 0 Å². The number of methoxy groups -OCH3 is 1. The molecular weight excluding hydrogens is 460 g/mol. The number of carbonyl (C=O) groups excluding carboxylic acids is 1. The van der Waals surface area contributed by atoms with Crippen molar-refractivity contribution in [2.75, 3.05) is 50.3 Å². The van der Waals surface area contributed by atoms with E-state index in [1.807, 2.05) is 67.5 Å². The van der Waals surface area contributed by atoms with E-state index < -0.39 is 0 Å². The summed E-state index contributed by atoms with van der Waals surface area (Å²) < 4.78 is 7.41. The van der Waals surface area contributed by atoms with Crippen molar-refractivity contribution in [1.29, 1.82) is 0 Å². The first-order valence-corrected chi connectivity index (χ1v) is 13.0. The second kappa shape index (κ2) is 11.6. The molecule has 1 saturated heterocycles. The molecule has 1 aliphatic rings. The lowest BCUT2D eigenvalue weighted by Crippen LogP contribution is -2.33. The van der Waals surface area contributed by atoms with Gasteiger partial charge in [0.25, 0.3) is 0 Å². The number of anilines is 2. The van der Waals surface area contributed by atoms with Crippen molar-refractivity contribution in [2.45, 2.75) is 37.4 Å². The smallest absolute Gasteiger partial charge is 0.234 e. The van der Waals surface area contributed by atoms with Crippen LogP contribution in [0.15, 0.2) is 53.7 Å². The molecule has 0 aliphatic carbocycles. The molecule has 3 aromatic rings. The van der Waals surface area contributed by atoms with Crippen LogP contribution in [0.5, 0.6) is 5.75 Å². The van der Waals surface area contributed by atoms with E-state index in [4.69, 9.17) is 4.74 Å². The van der Waals surface area contributed by atoms with Crippen molar-refractivity contribution in [3.8, 4) is 11.4 Å². The summed E-state index contributed by atoms with van der Waals surface area (Å²) in [6.07, 6.45) is 3.69. The lowest BCUT2D eigenvalue weighted by atomic mass is 10.1. The van der Waals surface area contributed by atoms with E-state index in [-0.39, 0.29) is 17.7 Å². The molecule has 35 heavy (non-hydrogen) atoms. The van der Waals surface area contributed by atoms with Gasteiger partial charge in [0.2, 0.25) is 5.91 Å². The maximum Gasteiger partial charge on any atom is 0.234 e. The molecule has 8 nitrogen and oxygen atoms in total. The molecular formula is C26H34N6O2S. The fraction of sp³-hybridized carbons (Fsp3) is 0.423. The van der Waals surface area contributed by atoms with Gasteiger partial charge < -0.3 is 15.0 Å². The van der Waals surface area contributed by atoms with Gasteiger partial charge in [0, 0.05) is 31.2 Å². The van der Waals surface area contributed by atoms with Crippen LogP contribution in [0.1, 0.15) is 38.1 Å². The summed E-state index contributed by atoms with van der Waals surface area (Å²) in [7, 11) is 5.64. The molecule has 1 aliphatic heterocycles. The molecule has 2 heterocycles. The van der Waals surface area contributed by atoms with Crippen molar-refractivity contribution in [1.82, 2.24) is 19.7 Å². The molecule has 1 N–H and O–H groups in total. The summed E-state index contributed by atoms with van der Waals surface area (Å²) in [6, 6.07) is 15.8. The van der Waals surface area contributed by atoms with Crippen LogP contribution < -0.4 is 15.0 Å². The highest BCUT2D eigenvalue weighted by atomic mass is 32.2. The summed E-state index contributed by atoms with van der Waals surface area (Å²) >= 11 is 1.39. The molecule has 2 aromatic carbocycles. The number of aromatic nitrogens is 3. The predicted octanol–water partition coefficient (Wildman–Crippen LogP) is 4.62. The van der Waals surface area contributed by atoms with E-state index in [2.05, 4.69) is 31.9 Å². The number of piperidine rings is 1. The Bertz CT molecular complexity index is 1110. The van der Waals surface area contributed by atoms with E-state index >= 15 is 0 Å². The van der Waals surface area contributed by atoms with E-state index in [0.29, 0.717) is 5.16 Å². The zero-order valence-corrected chi connectivity index (χ0v) is 21.7. The Kier molecular flexibility index (Phi) is 8.30. The molecule has 9 heteroatoms. The van der Waals surface area contributed by atoms with Crippen molar-refractivity contribution in [3.05, 3.63) is 54.4 Å². The Morgan fingerprint density at radius 3 is 2.37 bits per heavy atom. The van der Waals surface area contributed by atoms with Gasteiger partial charge in [-0.2, -0.15) is 0 Å². The van der Waals surface area contributed by atoms with Crippen molar-refractivity contribution < 1.29 is 9.53 Å². The van der Waals surface area contributed by atoms with Gasteiger partial charge in [-0.1, -0.05) is 18.2 Å². The maximum absolute atomic E-state index is 12.7. The molecule has 0 radical (unpaired) electrons. The summed E-state index contributed by atoms with van der Waals surface area (Å²) in [4.78, 5) is 17.2. The van der Waals surface area contributed by atoms with Gasteiger partial charge >= 0.3 is 0 Å². The number of amides is 1. The van der Waals surface area contributed by atoms with Crippen LogP contribution in [0.25, 0.3) is 5.69 Å². The SMILES string of the molecule is COc1ccc(-n2c(SCC(=O)Nc3ccc(N(C)C)cc3)nnc2[C@H](C)N2CCCCC2)cc1. The van der Waals surface area contributed by atoms with Crippen LogP contribution in [0, 0.1) is 0 Å². The topological polar surface area (TPSA) is 75.5 Å². The van der Waals surface area contributed by atoms with Crippen molar-refractivity contribution in [3.63, 3.8) is 0 Å². The van der Waals surface area contributed by atoms with Gasteiger partial charge in [-0.25, -0.2) is 0 Å². The van der Waals surface area contributed by atoms with Gasteiger partial charge in [-0.05, 0) is 81.4 Å². The third-order valence-corrected chi connectivity index (χ3v) is 7.23. The Morgan fingerprint density at radius 1 is 1.06 bits per heavy atom. The number of nitrogens with one attached hydrogen (secondary N) is 1. The number of carbonyl (C=O) groups is 1. The highest BCUT2D eigenvalue weighted by molar-refractivity contribution is 7.99. The molecule has 0 bridgehead atoms. The largest absolute Gasteiger partial charge is 0.497 e. The number of hydrogen-bond donors (Lipinski definition) is 1. The lowest BCUT2D eigenvalue weighted by Gasteiger charge is -2.31. The lowest BCUT2D eigenvalue weighted by molar-refractivity contribution is -0.113. The first-order chi connectivity index (χ1) is 17.0. The van der Waals surface area contributed by atoms with Gasteiger partial charge in [0.1, 0.15) is 5.75 Å². The van der Waals surface area contributed by atoms with E-state index in [0.717, 1.165) is 41.7 Å². The van der Waals surface area contributed by atoms with Crippen LogP contribution in [0.3, 0.4) is 0 Å². The summed E-state index contributed by atoms with van der Waals surface area (Å²) in [5.41, 5.74) is 2.81. The van der Waals surface area contributed by atoms with E-state index in [9.17, 15) is 4.79 Å². The van der Waals surface area contributed by atoms with Crippen molar-refractivity contribution >= 4 is 29.0 Å². The van der Waals surface area contributed by atoms with Crippen LogP contribution in [0.4, 0.5) is 11.4 Å². The van der Waals surface area contributed by atoms with Crippen LogP contribution >= 0.6 is 11.8 Å². The van der Waals surface area contributed by atoms with Crippen LogP contribution in [-0.4, -0.2) is 65.6 Å². The van der Waals surface area contributed by atoms with E-state index in [1.54, 1.807) is 7.11 Å². The minimum Gasteiger partial charge on any atom is -0.497 e. The summed E-state index contributed by atoms with van der Waals surface area (Å²) in [5.74, 6) is 1.84. The molecule has 1 atom stereocenters. The third-order valence-electron chi connectivity index (χ3n) is 6.30. The molecule has 1 amide bonds. The normalized spacial score (nSPS) is 15.0. The molecule has 1 aromatic heterocycles. The number of benzene rings is 2. The highest BCUT2D eigenvalue weighted by Gasteiger charge is 2.26. The van der Waals surface area contributed by atoms with Gasteiger partial charge in [-0.15, -0.1) is 10.2 Å². The first-order valence-electron chi connectivity index (χ1n) is 12.0. The van der Waals surface area contributed by atoms with Gasteiger partial charge in [-0.3, -0.25) is 14.3 Å². The molecule has 186 valence electrons. The second-order valence-corrected chi connectivity index (χ2v) is 9.87. The Morgan fingerprint density at radius 2 is 1.74 bits per heavy atom. The number of hydrogen-bond acceptors (Lipinski definition) is 7. The minimum atomic E-state index is -0.0810. The summed E-state index contributed by atoms with van der Waals surface area (Å²) in [5, 5.41) is 12.7. The predicted molar refractivity (Wildman–Crippen MR) is 142 cm³/mol. The fourth-order valence-electron chi connectivity index (χ4n) is 4.26. The zero-order valence-electron chi connectivity index (χ0n) is 20.9. The molecule has 0 unspecified atom stereocenters. The Balaban J connectivity index is 1.52. The summed E-state index contributed by atoms with van der Waals surface area (Å²) in [6.45, 7) is 4.32. The monoisotopic (exact) mass is 494 g/mol. The quantitative estimate of drug-likeness (QED) is 0.435. The standard InChI is InChI=1S/C26H34N6O2S/c1-19(31-16-6-5-7-17-31)25-28-29-26(32(25)22-12-14-23(34-4)15-13-22)35-18-24(33)27-20-8-10-21(11-9-20)30(2)3/h8-15,19H,5-7,16-18H2,1-4H3,(H,27,33)/t19-/m0/s1. The molecule has 4 rings (SSSR count).